The van der Waals surface area contributed by atoms with Crippen LogP contribution in [0.5, 0.6) is 0 Å². The topological polar surface area (TPSA) is 9.86 Å². The summed E-state index contributed by atoms with van der Waals surface area (Å²) in [7, 11) is 0. The van der Waals surface area contributed by atoms with E-state index in [9.17, 15) is 17.6 Å². The number of fused-ring (bicyclic) bond motifs is 2. The SMILES string of the molecule is Fc1[c-]c(F)c(-n2c(-c3ccccc3)cc3c2CCC3)cc1.Fc1[c-]c(F)c(-n2c(-c3ccccc3)cc3c2CCC3)cc1.[C-]1=CC=CC1.[C-]1=CC=CC1.[Ti+4]. The molecule has 0 radical (unpaired) electrons. The molecule has 0 fully saturated rings. The molecule has 0 amide bonds. The molecule has 0 atom stereocenters. The van der Waals surface area contributed by atoms with Crippen LogP contribution in [0.3, 0.4) is 0 Å². The number of benzene rings is 4. The van der Waals surface area contributed by atoms with Crippen molar-refractivity contribution in [1.29, 1.82) is 0 Å². The fourth-order valence-corrected chi connectivity index (χ4v) is 7.16. The number of hydrogen-bond donors (Lipinski definition) is 0. The van der Waals surface area contributed by atoms with Crippen molar-refractivity contribution in [2.24, 2.45) is 0 Å². The predicted octanol–water partition coefficient (Wildman–Crippen LogP) is 12.0. The van der Waals surface area contributed by atoms with Crippen LogP contribution in [-0.2, 0) is 47.4 Å². The third-order valence-electron chi connectivity index (χ3n) is 9.58. The first-order valence-electron chi connectivity index (χ1n) is 18.2. The third-order valence-corrected chi connectivity index (χ3v) is 9.58. The Morgan fingerprint density at radius 2 is 0.909 bits per heavy atom. The van der Waals surface area contributed by atoms with E-state index in [2.05, 4.69) is 48.6 Å². The van der Waals surface area contributed by atoms with Gasteiger partial charge in [0.2, 0.25) is 0 Å². The molecule has 272 valence electrons. The monoisotopic (exact) mass is 766 g/mol. The maximum atomic E-state index is 14.3. The first kappa shape index (κ1) is 39.5. The molecule has 4 aliphatic rings. The van der Waals surface area contributed by atoms with Crippen LogP contribution in [0.4, 0.5) is 17.6 Å². The normalized spacial score (nSPS) is 13.9. The van der Waals surface area contributed by atoms with Crippen molar-refractivity contribution in [2.75, 3.05) is 0 Å². The summed E-state index contributed by atoms with van der Waals surface area (Å²) in [5, 5.41) is 0. The maximum Gasteiger partial charge on any atom is 4.00 e. The van der Waals surface area contributed by atoms with Crippen molar-refractivity contribution in [1.82, 2.24) is 9.13 Å². The first-order chi connectivity index (χ1) is 26.5. The van der Waals surface area contributed by atoms with Gasteiger partial charge in [-0.05, 0) is 84.3 Å². The van der Waals surface area contributed by atoms with Crippen molar-refractivity contribution in [3.63, 3.8) is 0 Å². The van der Waals surface area contributed by atoms with Crippen LogP contribution in [0.25, 0.3) is 33.9 Å². The van der Waals surface area contributed by atoms with Crippen molar-refractivity contribution >= 4 is 0 Å². The summed E-state index contributed by atoms with van der Waals surface area (Å²) in [6, 6.07) is 33.8. The molecular formula is C48H38F4N2Ti. The van der Waals surface area contributed by atoms with E-state index in [4.69, 9.17) is 0 Å². The first-order valence-corrected chi connectivity index (χ1v) is 18.2. The van der Waals surface area contributed by atoms with Crippen LogP contribution in [-0.4, -0.2) is 9.13 Å². The van der Waals surface area contributed by atoms with Crippen LogP contribution in [0.15, 0.2) is 134 Å². The van der Waals surface area contributed by atoms with Gasteiger partial charge in [-0.25, -0.2) is 41.9 Å². The van der Waals surface area contributed by atoms with E-state index in [0.717, 1.165) is 85.3 Å². The molecule has 7 heteroatoms. The average Bonchev–Trinajstić information content (AvgIpc) is 4.04. The van der Waals surface area contributed by atoms with Gasteiger partial charge in [0.25, 0.3) is 0 Å². The van der Waals surface area contributed by atoms with E-state index < -0.39 is 23.3 Å². The van der Waals surface area contributed by atoms with Gasteiger partial charge in [0.1, 0.15) is 0 Å². The smallest absolute Gasteiger partial charge is 0.365 e. The zero-order chi connectivity index (χ0) is 37.3. The molecule has 0 saturated carbocycles. The van der Waals surface area contributed by atoms with Crippen LogP contribution in [0.1, 0.15) is 48.2 Å². The summed E-state index contributed by atoms with van der Waals surface area (Å²) in [6.45, 7) is 0. The van der Waals surface area contributed by atoms with Crippen molar-refractivity contribution in [3.8, 4) is 33.9 Å². The molecular weight excluding hydrogens is 728 g/mol. The Labute approximate surface area is 335 Å². The summed E-state index contributed by atoms with van der Waals surface area (Å²) in [4.78, 5) is 0. The van der Waals surface area contributed by atoms with Crippen molar-refractivity contribution in [2.45, 2.75) is 51.4 Å². The second-order valence-electron chi connectivity index (χ2n) is 13.1. The molecule has 0 aliphatic heterocycles. The van der Waals surface area contributed by atoms with Gasteiger partial charge in [0.15, 0.2) is 0 Å². The zero-order valence-electron chi connectivity index (χ0n) is 30.3. The molecule has 4 aromatic carbocycles. The minimum absolute atomic E-state index is 0. The van der Waals surface area contributed by atoms with Crippen LogP contribution < -0.4 is 0 Å². The largest absolute Gasteiger partial charge is 4.00 e. The summed E-state index contributed by atoms with van der Waals surface area (Å²) < 4.78 is 58.7. The van der Waals surface area contributed by atoms with Gasteiger partial charge in [-0.1, -0.05) is 60.7 Å². The number of aromatic nitrogens is 2. The van der Waals surface area contributed by atoms with Gasteiger partial charge >= 0.3 is 21.7 Å². The average molecular weight is 767 g/mol. The van der Waals surface area contributed by atoms with Crippen LogP contribution in [0, 0.1) is 47.6 Å². The van der Waals surface area contributed by atoms with Gasteiger partial charge in [-0.15, -0.1) is 49.2 Å². The molecule has 2 nitrogen and oxygen atoms in total. The molecule has 0 spiro atoms. The Morgan fingerprint density at radius 3 is 1.24 bits per heavy atom. The summed E-state index contributed by atoms with van der Waals surface area (Å²) >= 11 is 0. The number of halogens is 4. The Morgan fingerprint density at radius 1 is 0.491 bits per heavy atom. The van der Waals surface area contributed by atoms with Gasteiger partial charge in [-0.3, -0.25) is 12.2 Å². The van der Waals surface area contributed by atoms with Gasteiger partial charge in [0, 0.05) is 46.0 Å². The molecule has 0 unspecified atom stereocenters. The predicted molar refractivity (Wildman–Crippen MR) is 207 cm³/mol. The van der Waals surface area contributed by atoms with E-state index in [-0.39, 0.29) is 21.7 Å². The molecule has 2 heterocycles. The molecule has 2 aromatic heterocycles. The molecule has 6 aromatic rings. The van der Waals surface area contributed by atoms with E-state index >= 15 is 0 Å². The number of aryl methyl sites for hydroxylation is 2. The second-order valence-corrected chi connectivity index (χ2v) is 13.1. The maximum absolute atomic E-state index is 14.3. The number of hydrogen-bond acceptors (Lipinski definition) is 0. The Bertz CT molecular complexity index is 2150. The molecule has 55 heavy (non-hydrogen) atoms. The minimum atomic E-state index is -0.675. The minimum Gasteiger partial charge on any atom is -0.365 e. The van der Waals surface area contributed by atoms with Crippen LogP contribution >= 0.6 is 0 Å². The fraction of sp³-hybridized carbons (Fsp3) is 0.167. The zero-order valence-corrected chi connectivity index (χ0v) is 31.8. The van der Waals surface area contributed by atoms with E-state index in [1.807, 2.05) is 94.1 Å². The third kappa shape index (κ3) is 9.38. The molecule has 10 rings (SSSR count). The molecule has 0 saturated heterocycles. The summed E-state index contributed by atoms with van der Waals surface area (Å²) in [5.41, 5.74) is 9.43. The molecule has 4 aliphatic carbocycles. The molecule has 0 bridgehead atoms. The Hall–Kier alpha value is -5.17. The van der Waals surface area contributed by atoms with E-state index in [1.165, 1.54) is 35.4 Å². The molecule has 0 N–H and O–H groups in total. The second kappa shape index (κ2) is 18.9. The quantitative estimate of drug-likeness (QED) is 0.0961. The number of nitrogens with zero attached hydrogens (tertiary/aromatic N) is 2. The van der Waals surface area contributed by atoms with Gasteiger partial charge in [-0.2, -0.15) is 12.2 Å². The standard InChI is InChI=1S/2C19H14F2N.2C5H5.Ti/c2*20-15-9-10-18(16(21)12-15)22-17-8-4-7-14(17)11-19(22)13-5-2-1-3-6-13;2*1-2-4-5-3-1;/h2*1-3,5-6,9-11H,4,7-8H2;2*1-3H,4H2;/q4*-1;+4. The van der Waals surface area contributed by atoms with E-state index in [0.29, 0.717) is 11.4 Å². The summed E-state index contributed by atoms with van der Waals surface area (Å²) in [5.74, 6) is -2.65. The fourth-order valence-electron chi connectivity index (χ4n) is 7.16. The van der Waals surface area contributed by atoms with Crippen molar-refractivity contribution in [3.05, 3.63) is 204 Å². The van der Waals surface area contributed by atoms with Gasteiger partial charge < -0.3 is 9.13 Å². The van der Waals surface area contributed by atoms with E-state index in [1.54, 1.807) is 0 Å². The number of rotatable bonds is 4. The Kier molecular flexibility index (Phi) is 13.6. The van der Waals surface area contributed by atoms with Crippen LogP contribution in [0.2, 0.25) is 0 Å². The van der Waals surface area contributed by atoms with Gasteiger partial charge in [0.05, 0.1) is 0 Å². The number of allylic oxidation sites excluding steroid dienone is 8. The Balaban J connectivity index is 0.000000147. The summed E-state index contributed by atoms with van der Waals surface area (Å²) in [6.07, 6.45) is 26.0. The van der Waals surface area contributed by atoms with Crippen molar-refractivity contribution < 1.29 is 39.3 Å².